The minimum absolute atomic E-state index is 0. The third-order valence-corrected chi connectivity index (χ3v) is 4.54. The van der Waals surface area contributed by atoms with Crippen LogP contribution in [0.1, 0.15) is 48.5 Å². The van der Waals surface area contributed by atoms with E-state index in [2.05, 4.69) is 116 Å². The molecule has 1 aliphatic heterocycles. The summed E-state index contributed by atoms with van der Waals surface area (Å²) in [4.78, 5) is 7.84. The zero-order valence-corrected chi connectivity index (χ0v) is 29.9. The molecular formula is C26H61N4Si2Y-3. The molecule has 0 aromatic carbocycles. The fourth-order valence-electron chi connectivity index (χ4n) is 2.92. The van der Waals surface area contributed by atoms with E-state index in [1.54, 1.807) is 0 Å². The summed E-state index contributed by atoms with van der Waals surface area (Å²) in [5, 5.41) is 4.77. The molecule has 0 N–H and O–H groups in total. The summed E-state index contributed by atoms with van der Waals surface area (Å²) < 4.78 is 0. The molecule has 1 fully saturated rings. The van der Waals surface area contributed by atoms with Crippen molar-refractivity contribution in [3.05, 3.63) is 18.4 Å². The van der Waals surface area contributed by atoms with Crippen LogP contribution in [0, 0.1) is 13.1 Å². The fraction of sp³-hybridized carbons (Fsp3) is 0.923. The van der Waals surface area contributed by atoms with Gasteiger partial charge in [0.25, 0.3) is 0 Å². The molecule has 1 rings (SSSR count). The van der Waals surface area contributed by atoms with Crippen molar-refractivity contribution in [3.8, 4) is 0 Å². The first kappa shape index (κ1) is 38.9. The van der Waals surface area contributed by atoms with E-state index in [-0.39, 0.29) is 38.2 Å². The maximum atomic E-state index is 4.77. The van der Waals surface area contributed by atoms with Gasteiger partial charge in [-0.25, -0.2) is 0 Å². The predicted molar refractivity (Wildman–Crippen MR) is 155 cm³/mol. The Balaban J connectivity index is -0.000000686. The molecule has 33 heavy (non-hydrogen) atoms. The zero-order valence-electron chi connectivity index (χ0n) is 25.1. The molecule has 0 aromatic rings. The van der Waals surface area contributed by atoms with E-state index >= 15 is 0 Å². The van der Waals surface area contributed by atoms with Crippen molar-refractivity contribution in [2.45, 2.75) is 105 Å². The van der Waals surface area contributed by atoms with Crippen LogP contribution in [0.5, 0.6) is 0 Å². The molecule has 0 amide bonds. The first-order valence-electron chi connectivity index (χ1n) is 12.8. The van der Waals surface area contributed by atoms with Crippen molar-refractivity contribution in [1.29, 1.82) is 0 Å². The number of hydrogen-bond acceptors (Lipinski definition) is 3. The summed E-state index contributed by atoms with van der Waals surface area (Å²) in [7, 11) is -1.72. The van der Waals surface area contributed by atoms with E-state index in [1.165, 1.54) is 39.3 Å². The van der Waals surface area contributed by atoms with Crippen molar-refractivity contribution in [2.75, 3.05) is 52.4 Å². The van der Waals surface area contributed by atoms with Gasteiger partial charge in [0.2, 0.25) is 0 Å². The van der Waals surface area contributed by atoms with Crippen LogP contribution in [0.2, 0.25) is 39.3 Å². The van der Waals surface area contributed by atoms with E-state index in [0.29, 0.717) is 12.1 Å². The summed E-state index contributed by atoms with van der Waals surface area (Å²) in [5.74, 6) is 0. The molecule has 199 valence electrons. The zero-order chi connectivity index (χ0) is 25.8. The predicted octanol–water partition coefficient (Wildman–Crippen LogP) is 6.29. The van der Waals surface area contributed by atoms with Crippen LogP contribution in [0.4, 0.5) is 0 Å². The Bertz CT molecular complexity index is 411. The third-order valence-electron chi connectivity index (χ3n) is 4.54. The van der Waals surface area contributed by atoms with Crippen LogP contribution in [0.3, 0.4) is 0 Å². The summed E-state index contributed by atoms with van der Waals surface area (Å²) >= 11 is 0. The van der Waals surface area contributed by atoms with Gasteiger partial charge >= 0.3 is 0 Å². The Morgan fingerprint density at radius 3 is 1.21 bits per heavy atom. The minimum atomic E-state index is -0.861. The van der Waals surface area contributed by atoms with Crippen LogP contribution in [0.15, 0.2) is 0 Å². The Morgan fingerprint density at radius 1 is 0.697 bits per heavy atom. The maximum Gasteiger partial charge on any atom is 0.0113 e. The van der Waals surface area contributed by atoms with Crippen molar-refractivity contribution in [1.82, 2.24) is 14.7 Å². The molecule has 7 heteroatoms. The standard InChI is InChI=1S/C18H39N4.2C4H11Si.Y/c1-16(2)21-12-10-20(9-8-19-18(5,6)7)11-13-22(15-14-21)17(3)4;2*1-5(2,3)4;/h16-17H,8-15H2,1-7H3;2*1H2,2-4H3;/q3*-1;. The Morgan fingerprint density at radius 2 is 0.970 bits per heavy atom. The number of hydrogen-bond donors (Lipinski definition) is 0. The van der Waals surface area contributed by atoms with Gasteiger partial charge in [-0.15, -0.1) is 28.2 Å². The molecule has 4 nitrogen and oxygen atoms in total. The number of nitrogens with zero attached hydrogens (tertiary/aromatic N) is 4. The summed E-state index contributed by atoms with van der Waals surface area (Å²) in [5.41, 5.74) is 0.0908. The molecule has 0 aliphatic carbocycles. The SMILES string of the molecule is CC(C)N1CCN(CC[N-]C(C)(C)C)CCN(C(C)C)CC1.[CH2-][Si](C)(C)C.[CH2-][Si](C)(C)C.[Y]. The largest absolute Gasteiger partial charge is 0.656 e. The number of rotatable bonds is 5. The van der Waals surface area contributed by atoms with Gasteiger partial charge in [-0.05, 0) is 34.2 Å². The fourth-order valence-corrected chi connectivity index (χ4v) is 2.92. The molecule has 0 saturated carbocycles. The molecule has 1 heterocycles. The van der Waals surface area contributed by atoms with Crippen molar-refractivity contribution < 1.29 is 32.7 Å². The summed E-state index contributed by atoms with van der Waals surface area (Å²) in [6.45, 7) is 46.1. The molecule has 1 saturated heterocycles. The molecule has 1 radical (unpaired) electrons. The van der Waals surface area contributed by atoms with Gasteiger partial charge in [0, 0.05) is 84.1 Å². The Kier molecular flexibility index (Phi) is 21.9. The van der Waals surface area contributed by atoms with Crippen molar-refractivity contribution in [3.63, 3.8) is 0 Å². The smallest absolute Gasteiger partial charge is 0.0113 e. The van der Waals surface area contributed by atoms with E-state index in [0.717, 1.165) is 13.1 Å². The van der Waals surface area contributed by atoms with Gasteiger partial charge < -0.3 is 23.3 Å². The van der Waals surface area contributed by atoms with Crippen LogP contribution in [-0.4, -0.2) is 101 Å². The molecule has 0 unspecified atom stereocenters. The molecule has 0 spiro atoms. The first-order chi connectivity index (χ1) is 14.2. The quantitative estimate of drug-likeness (QED) is 0.285. The van der Waals surface area contributed by atoms with Crippen molar-refractivity contribution in [2.24, 2.45) is 0 Å². The van der Waals surface area contributed by atoms with Crippen LogP contribution >= 0.6 is 0 Å². The molecule has 0 bridgehead atoms. The molecule has 1 aliphatic rings. The van der Waals surface area contributed by atoms with Crippen LogP contribution < -0.4 is 0 Å². The van der Waals surface area contributed by atoms with Crippen LogP contribution in [0.25, 0.3) is 5.32 Å². The van der Waals surface area contributed by atoms with Gasteiger partial charge in [0.1, 0.15) is 0 Å². The van der Waals surface area contributed by atoms with E-state index in [4.69, 9.17) is 5.32 Å². The second-order valence-electron chi connectivity index (χ2n) is 13.3. The van der Waals surface area contributed by atoms with Gasteiger partial charge in [-0.1, -0.05) is 60.1 Å². The monoisotopic (exact) mass is 574 g/mol. The van der Waals surface area contributed by atoms with Crippen LogP contribution in [-0.2, 0) is 32.7 Å². The van der Waals surface area contributed by atoms with Gasteiger partial charge in [-0.3, -0.25) is 9.80 Å². The minimum Gasteiger partial charge on any atom is -0.656 e. The topological polar surface area (TPSA) is 23.8 Å². The summed E-state index contributed by atoms with van der Waals surface area (Å²) in [6.07, 6.45) is 0. The first-order valence-corrected chi connectivity index (χ1v) is 20.2. The van der Waals surface area contributed by atoms with Gasteiger partial charge in [0.05, 0.1) is 0 Å². The molecule has 0 atom stereocenters. The van der Waals surface area contributed by atoms with Crippen molar-refractivity contribution >= 4 is 16.1 Å². The van der Waals surface area contributed by atoms with E-state index in [1.807, 2.05) is 0 Å². The summed E-state index contributed by atoms with van der Waals surface area (Å²) in [6, 6.07) is 1.27. The normalized spacial score (nSPS) is 17.7. The third kappa shape index (κ3) is 33.4. The average molecular weight is 575 g/mol. The Labute approximate surface area is 238 Å². The Hall–Kier alpha value is 1.38. The second-order valence-corrected chi connectivity index (χ2v) is 23.5. The van der Waals surface area contributed by atoms with E-state index < -0.39 is 16.1 Å². The second kappa shape index (κ2) is 18.6. The molecule has 0 aromatic heterocycles. The average Bonchev–Trinajstić information content (AvgIpc) is 2.61. The maximum absolute atomic E-state index is 4.77. The van der Waals surface area contributed by atoms with Gasteiger partial charge in [-0.2, -0.15) is 0 Å². The molecular weight excluding hydrogens is 513 g/mol. The van der Waals surface area contributed by atoms with Gasteiger partial charge in [0.15, 0.2) is 0 Å². The van der Waals surface area contributed by atoms with E-state index in [9.17, 15) is 0 Å².